The second kappa shape index (κ2) is 7.23. The lowest BCUT2D eigenvalue weighted by Gasteiger charge is -2.34. The first-order valence-corrected chi connectivity index (χ1v) is 9.06. The van der Waals surface area contributed by atoms with Crippen LogP contribution in [0.1, 0.15) is 35.1 Å². The summed E-state index contributed by atoms with van der Waals surface area (Å²) in [5, 5.41) is 14.1. The maximum Gasteiger partial charge on any atom is 0.119 e. The molecule has 1 aliphatic rings. The normalized spacial score (nSPS) is 18.3. The van der Waals surface area contributed by atoms with Gasteiger partial charge >= 0.3 is 0 Å². The number of ether oxygens (including phenoxy) is 2. The van der Waals surface area contributed by atoms with Crippen LogP contribution in [0.4, 0.5) is 5.69 Å². The van der Waals surface area contributed by atoms with Gasteiger partial charge in [-0.15, -0.1) is 0 Å². The fourth-order valence-corrected chi connectivity index (χ4v) is 3.85. The van der Waals surface area contributed by atoms with Crippen LogP contribution in [0, 0.1) is 0 Å². The smallest absolute Gasteiger partial charge is 0.119 e. The van der Waals surface area contributed by atoms with Crippen molar-refractivity contribution in [3.05, 3.63) is 83.4 Å². The minimum absolute atomic E-state index is 0.0637. The van der Waals surface area contributed by atoms with Gasteiger partial charge in [0.1, 0.15) is 17.2 Å². The van der Waals surface area contributed by atoms with E-state index < -0.39 is 0 Å². The SMILES string of the molecule is COc1cccc([C@@H]2C[C@H](c3ccccc3O)c3cc(OC)ccc3N2)c1. The van der Waals surface area contributed by atoms with Crippen LogP contribution in [0.5, 0.6) is 17.2 Å². The lowest BCUT2D eigenvalue weighted by atomic mass is 9.80. The molecular weight excluding hydrogens is 338 g/mol. The molecule has 4 heteroatoms. The lowest BCUT2D eigenvalue weighted by Crippen LogP contribution is -2.22. The molecule has 27 heavy (non-hydrogen) atoms. The molecule has 2 atom stereocenters. The highest BCUT2D eigenvalue weighted by Crippen LogP contribution is 2.47. The zero-order valence-corrected chi connectivity index (χ0v) is 15.5. The molecule has 4 rings (SSSR count). The molecule has 4 nitrogen and oxygen atoms in total. The maximum atomic E-state index is 10.5. The van der Waals surface area contributed by atoms with E-state index in [9.17, 15) is 5.11 Å². The second-order valence-corrected chi connectivity index (χ2v) is 6.77. The van der Waals surface area contributed by atoms with Crippen molar-refractivity contribution in [3.63, 3.8) is 0 Å². The Labute approximate surface area is 159 Å². The number of aromatic hydroxyl groups is 1. The first-order valence-electron chi connectivity index (χ1n) is 9.06. The Balaban J connectivity index is 1.80. The number of anilines is 1. The zero-order valence-electron chi connectivity index (χ0n) is 15.5. The second-order valence-electron chi connectivity index (χ2n) is 6.77. The average Bonchev–Trinajstić information content (AvgIpc) is 2.73. The van der Waals surface area contributed by atoms with E-state index in [0.717, 1.165) is 40.3 Å². The molecule has 0 unspecified atom stereocenters. The highest BCUT2D eigenvalue weighted by Gasteiger charge is 2.30. The number of methoxy groups -OCH3 is 2. The lowest BCUT2D eigenvalue weighted by molar-refractivity contribution is 0.412. The van der Waals surface area contributed by atoms with Crippen molar-refractivity contribution in [2.24, 2.45) is 0 Å². The molecule has 0 radical (unpaired) electrons. The van der Waals surface area contributed by atoms with Crippen molar-refractivity contribution in [1.29, 1.82) is 0 Å². The molecule has 0 bridgehead atoms. The molecule has 0 spiro atoms. The first kappa shape index (κ1) is 17.3. The third kappa shape index (κ3) is 3.31. The number of nitrogens with one attached hydrogen (secondary N) is 1. The number of hydrogen-bond acceptors (Lipinski definition) is 4. The number of para-hydroxylation sites is 1. The quantitative estimate of drug-likeness (QED) is 0.679. The summed E-state index contributed by atoms with van der Waals surface area (Å²) in [6, 6.07) is 21.9. The third-order valence-corrected chi connectivity index (χ3v) is 5.24. The van der Waals surface area contributed by atoms with Crippen LogP contribution in [-0.4, -0.2) is 19.3 Å². The maximum absolute atomic E-state index is 10.5. The molecule has 0 fully saturated rings. The van der Waals surface area contributed by atoms with Gasteiger partial charge in [0.2, 0.25) is 0 Å². The molecule has 138 valence electrons. The van der Waals surface area contributed by atoms with Crippen molar-refractivity contribution in [1.82, 2.24) is 0 Å². The van der Waals surface area contributed by atoms with Crippen LogP contribution < -0.4 is 14.8 Å². The van der Waals surface area contributed by atoms with E-state index in [4.69, 9.17) is 9.47 Å². The number of phenols is 1. The Kier molecular flexibility index (Phi) is 4.63. The third-order valence-electron chi connectivity index (χ3n) is 5.24. The standard InChI is InChI=1S/C23H23NO3/c1-26-16-7-5-6-15(12-16)22-14-19(18-8-3-4-9-23(18)25)20-13-17(27-2)10-11-21(20)24-22/h3-13,19,22,24-25H,14H2,1-2H3/t19-,22+/m1/s1. The molecule has 2 N–H and O–H groups in total. The Morgan fingerprint density at radius 1 is 0.852 bits per heavy atom. The molecule has 1 aliphatic heterocycles. The number of benzene rings is 3. The van der Waals surface area contributed by atoms with Crippen LogP contribution in [0.15, 0.2) is 66.7 Å². The molecule has 0 amide bonds. The van der Waals surface area contributed by atoms with E-state index in [2.05, 4.69) is 23.5 Å². The van der Waals surface area contributed by atoms with Gasteiger partial charge in [-0.3, -0.25) is 0 Å². The predicted octanol–water partition coefficient (Wildman–Crippen LogP) is 5.10. The van der Waals surface area contributed by atoms with Crippen LogP contribution in [0.3, 0.4) is 0 Å². The summed E-state index contributed by atoms with van der Waals surface area (Å²) in [4.78, 5) is 0. The summed E-state index contributed by atoms with van der Waals surface area (Å²) in [5.41, 5.74) is 4.29. The van der Waals surface area contributed by atoms with Crippen LogP contribution in [-0.2, 0) is 0 Å². The molecule has 3 aromatic carbocycles. The van der Waals surface area contributed by atoms with E-state index in [1.807, 2.05) is 42.5 Å². The molecule has 3 aromatic rings. The fraction of sp³-hybridized carbons (Fsp3) is 0.217. The van der Waals surface area contributed by atoms with Crippen LogP contribution in [0.2, 0.25) is 0 Å². The Bertz CT molecular complexity index is 954. The molecule has 0 aliphatic carbocycles. The summed E-state index contributed by atoms with van der Waals surface area (Å²) in [7, 11) is 3.35. The van der Waals surface area contributed by atoms with Gasteiger partial charge in [0.25, 0.3) is 0 Å². The Morgan fingerprint density at radius 3 is 2.41 bits per heavy atom. The van der Waals surface area contributed by atoms with E-state index in [1.165, 1.54) is 0 Å². The molecule has 0 aromatic heterocycles. The molecule has 1 heterocycles. The van der Waals surface area contributed by atoms with Gasteiger partial charge in [-0.25, -0.2) is 0 Å². The topological polar surface area (TPSA) is 50.7 Å². The summed E-state index contributed by atoms with van der Waals surface area (Å²) in [5.74, 6) is 2.04. The van der Waals surface area contributed by atoms with E-state index in [1.54, 1.807) is 20.3 Å². The number of rotatable bonds is 4. The van der Waals surface area contributed by atoms with Crippen LogP contribution >= 0.6 is 0 Å². The number of hydrogen-bond donors (Lipinski definition) is 2. The fourth-order valence-electron chi connectivity index (χ4n) is 3.85. The van der Waals surface area contributed by atoms with Gasteiger partial charge in [0.05, 0.1) is 20.3 Å². The first-order chi connectivity index (χ1) is 13.2. The zero-order chi connectivity index (χ0) is 18.8. The van der Waals surface area contributed by atoms with E-state index in [0.29, 0.717) is 5.75 Å². The van der Waals surface area contributed by atoms with Gasteiger partial charge in [0.15, 0.2) is 0 Å². The summed E-state index contributed by atoms with van der Waals surface area (Å²) >= 11 is 0. The monoisotopic (exact) mass is 361 g/mol. The summed E-state index contributed by atoms with van der Waals surface area (Å²) < 4.78 is 10.8. The summed E-state index contributed by atoms with van der Waals surface area (Å²) in [6.07, 6.45) is 0.824. The van der Waals surface area contributed by atoms with Crippen molar-refractivity contribution >= 4 is 5.69 Å². The predicted molar refractivity (Wildman–Crippen MR) is 107 cm³/mol. The van der Waals surface area contributed by atoms with Gasteiger partial charge in [-0.2, -0.15) is 0 Å². The average molecular weight is 361 g/mol. The van der Waals surface area contributed by atoms with E-state index in [-0.39, 0.29) is 12.0 Å². The van der Waals surface area contributed by atoms with Gasteiger partial charge in [0, 0.05) is 17.2 Å². The largest absolute Gasteiger partial charge is 0.508 e. The summed E-state index contributed by atoms with van der Waals surface area (Å²) in [6.45, 7) is 0. The van der Waals surface area contributed by atoms with Crippen molar-refractivity contribution in [2.45, 2.75) is 18.4 Å². The molecule has 0 saturated carbocycles. The van der Waals surface area contributed by atoms with Crippen LogP contribution in [0.25, 0.3) is 0 Å². The molecular formula is C23H23NO3. The van der Waals surface area contributed by atoms with Gasteiger partial charge < -0.3 is 19.9 Å². The van der Waals surface area contributed by atoms with Crippen molar-refractivity contribution < 1.29 is 14.6 Å². The minimum atomic E-state index is 0.0637. The van der Waals surface area contributed by atoms with Gasteiger partial charge in [-0.1, -0.05) is 30.3 Å². The highest BCUT2D eigenvalue weighted by molar-refractivity contribution is 5.62. The highest BCUT2D eigenvalue weighted by atomic mass is 16.5. The number of fused-ring (bicyclic) bond motifs is 1. The van der Waals surface area contributed by atoms with Crippen molar-refractivity contribution in [3.8, 4) is 17.2 Å². The minimum Gasteiger partial charge on any atom is -0.508 e. The van der Waals surface area contributed by atoms with E-state index >= 15 is 0 Å². The van der Waals surface area contributed by atoms with Gasteiger partial charge in [-0.05, 0) is 53.9 Å². The Morgan fingerprint density at radius 2 is 1.63 bits per heavy atom. The Hall–Kier alpha value is -3.14. The molecule has 0 saturated heterocycles. The van der Waals surface area contributed by atoms with Crippen molar-refractivity contribution in [2.75, 3.05) is 19.5 Å². The number of phenolic OH excluding ortho intramolecular Hbond substituents is 1.